The lowest BCUT2D eigenvalue weighted by atomic mass is 10.2. The highest BCUT2D eigenvalue weighted by atomic mass is 79.9. The van der Waals surface area contributed by atoms with Gasteiger partial charge in [-0.3, -0.25) is 0 Å². The smallest absolute Gasteiger partial charge is 0.341 e. The quantitative estimate of drug-likeness (QED) is 0.810. The zero-order valence-electron chi connectivity index (χ0n) is 10.4. The molecule has 0 aromatic heterocycles. The van der Waals surface area contributed by atoms with Crippen molar-refractivity contribution in [1.82, 2.24) is 0 Å². The number of esters is 1. The van der Waals surface area contributed by atoms with Gasteiger partial charge >= 0.3 is 5.97 Å². The van der Waals surface area contributed by atoms with E-state index in [-0.39, 0.29) is 11.1 Å². The number of sulfonamides is 1. The Morgan fingerprint density at radius 1 is 1.45 bits per heavy atom. The summed E-state index contributed by atoms with van der Waals surface area (Å²) in [6, 6.07) is 2.18. The van der Waals surface area contributed by atoms with Gasteiger partial charge in [0.25, 0.3) is 0 Å². The normalized spacial score (nSPS) is 15.2. The van der Waals surface area contributed by atoms with Gasteiger partial charge in [-0.25, -0.2) is 22.7 Å². The Bertz CT molecular complexity index is 643. The minimum atomic E-state index is -4.25. The van der Waals surface area contributed by atoms with Crippen LogP contribution in [0.5, 0.6) is 0 Å². The van der Waals surface area contributed by atoms with E-state index in [1.54, 1.807) is 0 Å². The molecule has 0 atom stereocenters. The second kappa shape index (κ2) is 5.79. The summed E-state index contributed by atoms with van der Waals surface area (Å²) in [5.41, 5.74) is -0.445. The maximum Gasteiger partial charge on any atom is 0.341 e. The summed E-state index contributed by atoms with van der Waals surface area (Å²) in [6.07, 6.45) is 2.99. The minimum Gasteiger partial charge on any atom is -0.462 e. The molecule has 20 heavy (non-hydrogen) atoms. The SMILES string of the molecule is NS(=O)(=O)c1cc(Br)cc(C(=O)OCCC2CC2)c1F. The van der Waals surface area contributed by atoms with Crippen LogP contribution < -0.4 is 5.14 Å². The number of primary sulfonamides is 1. The summed E-state index contributed by atoms with van der Waals surface area (Å²) in [4.78, 5) is 11.0. The third-order valence-corrected chi connectivity index (χ3v) is 4.35. The van der Waals surface area contributed by atoms with Gasteiger partial charge in [-0.2, -0.15) is 0 Å². The molecule has 1 aliphatic carbocycles. The van der Waals surface area contributed by atoms with Crippen LogP contribution in [0.15, 0.2) is 21.5 Å². The van der Waals surface area contributed by atoms with Crippen LogP contribution in [0.25, 0.3) is 0 Å². The highest BCUT2D eigenvalue weighted by Crippen LogP contribution is 2.32. The average molecular weight is 366 g/mol. The van der Waals surface area contributed by atoms with Crippen molar-refractivity contribution in [2.75, 3.05) is 6.61 Å². The molecule has 2 N–H and O–H groups in total. The number of rotatable bonds is 5. The molecule has 0 bridgehead atoms. The molecule has 5 nitrogen and oxygen atoms in total. The lowest BCUT2D eigenvalue weighted by molar-refractivity contribution is 0.0489. The Morgan fingerprint density at radius 3 is 2.65 bits per heavy atom. The van der Waals surface area contributed by atoms with Crippen LogP contribution in [0.1, 0.15) is 29.6 Å². The van der Waals surface area contributed by atoms with Gasteiger partial charge < -0.3 is 4.74 Å². The lowest BCUT2D eigenvalue weighted by Gasteiger charge is -2.08. The van der Waals surface area contributed by atoms with Crippen LogP contribution in [0.4, 0.5) is 4.39 Å². The molecule has 0 heterocycles. The number of benzene rings is 1. The van der Waals surface area contributed by atoms with Crippen molar-refractivity contribution in [2.24, 2.45) is 11.1 Å². The van der Waals surface area contributed by atoms with Gasteiger partial charge in [0.2, 0.25) is 10.0 Å². The van der Waals surface area contributed by atoms with Crippen molar-refractivity contribution in [3.05, 3.63) is 28.0 Å². The Balaban J connectivity index is 2.21. The first-order valence-electron chi connectivity index (χ1n) is 5.98. The fourth-order valence-electron chi connectivity index (χ4n) is 1.72. The molecule has 1 aromatic carbocycles. The largest absolute Gasteiger partial charge is 0.462 e. The van der Waals surface area contributed by atoms with E-state index in [9.17, 15) is 17.6 Å². The first kappa shape index (κ1) is 15.4. The number of nitrogens with two attached hydrogens (primary N) is 1. The van der Waals surface area contributed by atoms with Crippen molar-refractivity contribution in [1.29, 1.82) is 0 Å². The van der Waals surface area contributed by atoms with Crippen molar-refractivity contribution < 1.29 is 22.3 Å². The summed E-state index contributed by atoms with van der Waals surface area (Å²) in [5.74, 6) is -1.50. The molecule has 1 aliphatic rings. The van der Waals surface area contributed by atoms with Crippen molar-refractivity contribution in [3.63, 3.8) is 0 Å². The standard InChI is InChI=1S/C12H13BrFNO4S/c13-8-5-9(11(14)10(6-8)20(15,17)18)12(16)19-4-3-7-1-2-7/h5-7H,1-4H2,(H2,15,17,18). The topological polar surface area (TPSA) is 86.5 Å². The van der Waals surface area contributed by atoms with Gasteiger partial charge in [0.05, 0.1) is 12.2 Å². The number of carbonyl (C=O) groups is 1. The average Bonchev–Trinajstić information content (AvgIpc) is 3.14. The Morgan fingerprint density at radius 2 is 2.10 bits per heavy atom. The fraction of sp³-hybridized carbons (Fsp3) is 0.417. The highest BCUT2D eigenvalue weighted by molar-refractivity contribution is 9.10. The van der Waals surface area contributed by atoms with Crippen molar-refractivity contribution in [3.8, 4) is 0 Å². The molecular weight excluding hydrogens is 353 g/mol. The predicted molar refractivity (Wildman–Crippen MR) is 73.1 cm³/mol. The number of hydrogen-bond acceptors (Lipinski definition) is 4. The van der Waals surface area contributed by atoms with Crippen molar-refractivity contribution >= 4 is 31.9 Å². The van der Waals surface area contributed by atoms with Crippen molar-refractivity contribution in [2.45, 2.75) is 24.2 Å². The summed E-state index contributed by atoms with van der Waals surface area (Å²) in [5, 5.41) is 4.90. The van der Waals surface area contributed by atoms with Gasteiger partial charge in [-0.1, -0.05) is 28.8 Å². The van der Waals surface area contributed by atoms with Gasteiger partial charge in [0, 0.05) is 4.47 Å². The number of carbonyl (C=O) groups excluding carboxylic acids is 1. The first-order chi connectivity index (χ1) is 9.29. The van der Waals surface area contributed by atoms with Gasteiger partial charge in [0.15, 0.2) is 5.82 Å². The number of ether oxygens (including phenoxy) is 1. The summed E-state index contributed by atoms with van der Waals surface area (Å²) >= 11 is 3.01. The minimum absolute atomic E-state index is 0.195. The summed E-state index contributed by atoms with van der Waals surface area (Å²) < 4.78 is 41.7. The molecule has 0 amide bonds. The molecule has 0 saturated heterocycles. The maximum atomic E-state index is 14.0. The monoisotopic (exact) mass is 365 g/mol. The van der Waals surface area contributed by atoms with Crippen LogP contribution >= 0.6 is 15.9 Å². The molecule has 0 unspecified atom stereocenters. The molecule has 1 saturated carbocycles. The van der Waals surface area contributed by atoms with E-state index >= 15 is 0 Å². The van der Waals surface area contributed by atoms with Gasteiger partial charge in [-0.05, 0) is 24.5 Å². The molecule has 110 valence electrons. The van der Waals surface area contributed by atoms with Crippen LogP contribution in [-0.2, 0) is 14.8 Å². The Labute approximate surface area is 124 Å². The van der Waals surface area contributed by atoms with Gasteiger partial charge in [-0.15, -0.1) is 0 Å². The molecule has 0 aliphatic heterocycles. The molecule has 0 radical (unpaired) electrons. The van der Waals surface area contributed by atoms with E-state index in [1.165, 1.54) is 6.07 Å². The molecule has 8 heteroatoms. The second-order valence-electron chi connectivity index (χ2n) is 4.68. The number of halogens is 2. The molecule has 1 fully saturated rings. The van der Waals surface area contributed by atoms with E-state index in [1.807, 2.05) is 0 Å². The molecular formula is C12H13BrFNO4S. The summed E-state index contributed by atoms with van der Waals surface area (Å²) in [6.45, 7) is 0.195. The van der Waals surface area contributed by atoms with E-state index < -0.39 is 32.3 Å². The van der Waals surface area contributed by atoms with E-state index in [4.69, 9.17) is 9.88 Å². The zero-order chi connectivity index (χ0) is 14.9. The Hall–Kier alpha value is -0.990. The Kier molecular flexibility index (Phi) is 4.46. The summed E-state index contributed by atoms with van der Waals surface area (Å²) in [7, 11) is -4.25. The van der Waals surface area contributed by atoms with E-state index in [0.29, 0.717) is 5.92 Å². The first-order valence-corrected chi connectivity index (χ1v) is 8.32. The highest BCUT2D eigenvalue weighted by Gasteiger charge is 2.25. The van der Waals surface area contributed by atoms with E-state index in [0.717, 1.165) is 25.3 Å². The molecule has 0 spiro atoms. The third kappa shape index (κ3) is 3.77. The number of hydrogen-bond donors (Lipinski definition) is 1. The van der Waals surface area contributed by atoms with Gasteiger partial charge in [0.1, 0.15) is 4.90 Å². The lowest BCUT2D eigenvalue weighted by Crippen LogP contribution is -2.17. The fourth-order valence-corrected chi connectivity index (χ4v) is 2.98. The predicted octanol–water partition coefficient (Wildman–Crippen LogP) is 2.19. The third-order valence-electron chi connectivity index (χ3n) is 2.99. The van der Waals surface area contributed by atoms with E-state index in [2.05, 4.69) is 15.9 Å². The zero-order valence-corrected chi connectivity index (χ0v) is 12.8. The second-order valence-corrected chi connectivity index (χ2v) is 7.12. The van der Waals surface area contributed by atoms with Crippen LogP contribution in [0, 0.1) is 11.7 Å². The molecule has 2 rings (SSSR count). The van der Waals surface area contributed by atoms with Crippen LogP contribution in [-0.4, -0.2) is 21.0 Å². The maximum absolute atomic E-state index is 14.0. The van der Waals surface area contributed by atoms with Crippen LogP contribution in [0.3, 0.4) is 0 Å². The van der Waals surface area contributed by atoms with Crippen LogP contribution in [0.2, 0.25) is 0 Å². The molecule has 1 aromatic rings.